The molecule has 0 N–H and O–H groups in total. The predicted molar refractivity (Wildman–Crippen MR) is 50.7 cm³/mol. The van der Waals surface area contributed by atoms with Gasteiger partial charge in [-0.2, -0.15) is 0 Å². The van der Waals surface area contributed by atoms with Gasteiger partial charge in [0.2, 0.25) is 0 Å². The quantitative estimate of drug-likeness (QED) is 0.674. The summed E-state index contributed by atoms with van der Waals surface area (Å²) in [5.41, 5.74) is 2.41. The van der Waals surface area contributed by atoms with E-state index in [1.54, 1.807) is 23.8 Å². The Bertz CT molecular complexity index is 278. The largest absolute Gasteiger partial charge is 0.293 e. The predicted octanol–water partition coefficient (Wildman–Crippen LogP) is 2.54. The molecular weight excluding hydrogens is 170 g/mol. The molecule has 0 amide bonds. The lowest BCUT2D eigenvalue weighted by molar-refractivity contribution is 0.101. The summed E-state index contributed by atoms with van der Waals surface area (Å²) in [6.07, 6.45) is 0.958. The minimum absolute atomic E-state index is 0.0758. The van der Waals surface area contributed by atoms with Gasteiger partial charge in [0.05, 0.1) is 5.51 Å². The molecule has 0 atom stereocenters. The van der Waals surface area contributed by atoms with Crippen LogP contribution in [0, 0.1) is 5.92 Å². The van der Waals surface area contributed by atoms with Gasteiger partial charge in [0.1, 0.15) is 5.69 Å². The van der Waals surface area contributed by atoms with Gasteiger partial charge in [-0.1, -0.05) is 13.8 Å². The average molecular weight is 183 g/mol. The summed E-state index contributed by atoms with van der Waals surface area (Å²) in [5, 5.41) is 0. The highest BCUT2D eigenvalue weighted by Crippen LogP contribution is 2.17. The van der Waals surface area contributed by atoms with Gasteiger partial charge in [-0.3, -0.25) is 4.79 Å². The second-order valence-corrected chi connectivity index (χ2v) is 4.22. The van der Waals surface area contributed by atoms with Gasteiger partial charge in [-0.25, -0.2) is 4.98 Å². The molecule has 0 spiro atoms. The monoisotopic (exact) mass is 183 g/mol. The summed E-state index contributed by atoms with van der Waals surface area (Å²) in [6.45, 7) is 5.85. The number of aromatic nitrogens is 1. The Labute approximate surface area is 76.6 Å². The number of nitrogens with zero attached hydrogens (tertiary/aromatic N) is 1. The first-order valence-corrected chi connectivity index (χ1v) is 4.92. The summed E-state index contributed by atoms with van der Waals surface area (Å²) in [7, 11) is 0. The summed E-state index contributed by atoms with van der Waals surface area (Å²) in [4.78, 5) is 16.2. The molecule has 0 aromatic carbocycles. The second kappa shape index (κ2) is 3.81. The number of Topliss-reactive ketones (excluding diaryl/α,β-unsaturated/α-hetero) is 1. The molecule has 0 fully saturated rings. The van der Waals surface area contributed by atoms with Crippen LogP contribution in [0.25, 0.3) is 0 Å². The molecule has 0 unspecified atom stereocenters. The normalized spacial score (nSPS) is 10.7. The van der Waals surface area contributed by atoms with E-state index >= 15 is 0 Å². The third-order valence-corrected chi connectivity index (χ3v) is 2.42. The molecule has 2 nitrogen and oxygen atoms in total. The van der Waals surface area contributed by atoms with Gasteiger partial charge < -0.3 is 0 Å². The highest BCUT2D eigenvalue weighted by Gasteiger charge is 2.11. The summed E-state index contributed by atoms with van der Waals surface area (Å²) in [5.74, 6) is 0.662. The number of hydrogen-bond donors (Lipinski definition) is 0. The molecule has 1 rings (SSSR count). The molecule has 1 aromatic heterocycles. The Balaban J connectivity index is 2.84. The smallest absolute Gasteiger partial charge is 0.179 e. The van der Waals surface area contributed by atoms with Crippen molar-refractivity contribution in [3.8, 4) is 0 Å². The molecular formula is C9H13NOS. The lowest BCUT2D eigenvalue weighted by atomic mass is 10.1. The molecule has 0 radical (unpaired) electrons. The number of rotatable bonds is 3. The Morgan fingerprint density at radius 2 is 2.33 bits per heavy atom. The van der Waals surface area contributed by atoms with Crippen LogP contribution in [0.15, 0.2) is 5.51 Å². The maximum Gasteiger partial charge on any atom is 0.179 e. The van der Waals surface area contributed by atoms with E-state index < -0.39 is 0 Å². The zero-order chi connectivity index (χ0) is 9.14. The minimum atomic E-state index is 0.0758. The number of ketones is 1. The highest BCUT2D eigenvalue weighted by molar-refractivity contribution is 7.09. The van der Waals surface area contributed by atoms with Gasteiger partial charge in [0.15, 0.2) is 5.78 Å². The van der Waals surface area contributed by atoms with Crippen molar-refractivity contribution in [3.05, 3.63) is 16.1 Å². The fraction of sp³-hybridized carbons (Fsp3) is 0.556. The van der Waals surface area contributed by atoms with Crippen molar-refractivity contribution in [2.45, 2.75) is 27.2 Å². The minimum Gasteiger partial charge on any atom is -0.293 e. The van der Waals surface area contributed by atoms with E-state index in [1.807, 2.05) is 0 Å². The van der Waals surface area contributed by atoms with Crippen molar-refractivity contribution in [1.82, 2.24) is 4.98 Å². The van der Waals surface area contributed by atoms with E-state index in [9.17, 15) is 4.79 Å². The maximum atomic E-state index is 11.1. The SMILES string of the molecule is CC(=O)c1ncsc1CC(C)C. The van der Waals surface area contributed by atoms with Gasteiger partial charge in [0, 0.05) is 11.8 Å². The molecule has 0 saturated heterocycles. The lowest BCUT2D eigenvalue weighted by Gasteiger charge is -2.01. The highest BCUT2D eigenvalue weighted by atomic mass is 32.1. The van der Waals surface area contributed by atoms with Crippen molar-refractivity contribution >= 4 is 17.1 Å². The summed E-state index contributed by atoms with van der Waals surface area (Å²) < 4.78 is 0. The standard InChI is InChI=1S/C9H13NOS/c1-6(2)4-8-9(7(3)11)10-5-12-8/h5-6H,4H2,1-3H3. The fourth-order valence-electron chi connectivity index (χ4n) is 1.07. The van der Waals surface area contributed by atoms with Crippen LogP contribution in [0.1, 0.15) is 36.1 Å². The van der Waals surface area contributed by atoms with Crippen molar-refractivity contribution in [2.75, 3.05) is 0 Å². The first kappa shape index (κ1) is 9.39. The van der Waals surface area contributed by atoms with Crippen LogP contribution in [0.5, 0.6) is 0 Å². The number of carbonyl (C=O) groups excluding carboxylic acids is 1. The van der Waals surface area contributed by atoms with Gasteiger partial charge in [0.25, 0.3) is 0 Å². The molecule has 0 aliphatic carbocycles. The Kier molecular flexibility index (Phi) is 2.98. The Morgan fingerprint density at radius 3 is 2.83 bits per heavy atom. The molecule has 12 heavy (non-hydrogen) atoms. The Hall–Kier alpha value is -0.700. The van der Waals surface area contributed by atoms with Gasteiger partial charge >= 0.3 is 0 Å². The number of hydrogen-bond acceptors (Lipinski definition) is 3. The molecule has 3 heteroatoms. The van der Waals surface area contributed by atoms with Crippen molar-refractivity contribution in [1.29, 1.82) is 0 Å². The summed E-state index contributed by atoms with van der Waals surface area (Å²) in [6, 6.07) is 0. The van der Waals surface area contributed by atoms with Crippen LogP contribution in [0.4, 0.5) is 0 Å². The van der Waals surface area contributed by atoms with Crippen LogP contribution in [-0.2, 0) is 6.42 Å². The van der Waals surface area contributed by atoms with Crippen molar-refractivity contribution < 1.29 is 4.79 Å². The van der Waals surface area contributed by atoms with E-state index in [2.05, 4.69) is 18.8 Å². The molecule has 0 aliphatic rings. The van der Waals surface area contributed by atoms with E-state index in [1.165, 1.54) is 0 Å². The van der Waals surface area contributed by atoms with Crippen LogP contribution >= 0.6 is 11.3 Å². The molecule has 66 valence electrons. The molecule has 1 heterocycles. The first-order chi connectivity index (χ1) is 5.61. The lowest BCUT2D eigenvalue weighted by Crippen LogP contribution is -2.00. The van der Waals surface area contributed by atoms with E-state index in [0.29, 0.717) is 11.6 Å². The Morgan fingerprint density at radius 1 is 1.67 bits per heavy atom. The van der Waals surface area contributed by atoms with Gasteiger partial charge in [-0.15, -0.1) is 11.3 Å². The van der Waals surface area contributed by atoms with E-state index in [0.717, 1.165) is 11.3 Å². The topological polar surface area (TPSA) is 30.0 Å². The van der Waals surface area contributed by atoms with Crippen LogP contribution in [0.3, 0.4) is 0 Å². The molecule has 0 bridgehead atoms. The van der Waals surface area contributed by atoms with Crippen molar-refractivity contribution in [3.63, 3.8) is 0 Å². The van der Waals surface area contributed by atoms with Crippen molar-refractivity contribution in [2.24, 2.45) is 5.92 Å². The van der Waals surface area contributed by atoms with Crippen LogP contribution < -0.4 is 0 Å². The third kappa shape index (κ3) is 2.14. The van der Waals surface area contributed by atoms with E-state index in [4.69, 9.17) is 0 Å². The maximum absolute atomic E-state index is 11.1. The third-order valence-electron chi connectivity index (χ3n) is 1.57. The summed E-state index contributed by atoms with van der Waals surface area (Å²) >= 11 is 1.57. The van der Waals surface area contributed by atoms with E-state index in [-0.39, 0.29) is 5.78 Å². The zero-order valence-electron chi connectivity index (χ0n) is 7.63. The van der Waals surface area contributed by atoms with Gasteiger partial charge in [-0.05, 0) is 12.3 Å². The zero-order valence-corrected chi connectivity index (χ0v) is 8.44. The second-order valence-electron chi connectivity index (χ2n) is 3.28. The first-order valence-electron chi connectivity index (χ1n) is 4.04. The molecule has 1 aromatic rings. The average Bonchev–Trinajstić information content (AvgIpc) is 2.33. The number of carbonyl (C=O) groups is 1. The molecule has 0 aliphatic heterocycles. The van der Waals surface area contributed by atoms with Crippen LogP contribution in [-0.4, -0.2) is 10.8 Å². The molecule has 0 saturated carbocycles. The fourth-order valence-corrected chi connectivity index (χ4v) is 2.10. The van der Waals surface area contributed by atoms with Crippen LogP contribution in [0.2, 0.25) is 0 Å². The number of thiazole rings is 1.